The molecule has 2 amide bonds. The third-order valence-corrected chi connectivity index (χ3v) is 7.26. The minimum Gasteiger partial charge on any atom is -0.383 e. The number of hydrogen-bond acceptors (Lipinski definition) is 9. The predicted octanol–water partition coefficient (Wildman–Crippen LogP) is 2.22. The zero-order chi connectivity index (χ0) is 25.5. The molecule has 11 heteroatoms. The summed E-state index contributed by atoms with van der Waals surface area (Å²) in [5.41, 5.74) is 2.18. The molecule has 0 radical (unpaired) electrons. The van der Waals surface area contributed by atoms with Crippen LogP contribution >= 0.6 is 11.3 Å². The first-order valence-corrected chi connectivity index (χ1v) is 13.1. The molecule has 2 fully saturated rings. The van der Waals surface area contributed by atoms with Crippen molar-refractivity contribution in [2.24, 2.45) is 0 Å². The summed E-state index contributed by atoms with van der Waals surface area (Å²) in [7, 11) is 3.31. The number of nitrogens with one attached hydrogen (secondary N) is 2. The smallest absolute Gasteiger partial charge is 0.275 e. The molecule has 1 aromatic carbocycles. The van der Waals surface area contributed by atoms with Crippen LogP contribution in [0.2, 0.25) is 0 Å². The molecule has 0 spiro atoms. The van der Waals surface area contributed by atoms with E-state index in [-0.39, 0.29) is 24.0 Å². The van der Waals surface area contributed by atoms with E-state index in [9.17, 15) is 9.59 Å². The van der Waals surface area contributed by atoms with Gasteiger partial charge >= 0.3 is 0 Å². The molecule has 3 heterocycles. The molecule has 2 aliphatic rings. The molecule has 1 aromatic heterocycles. The SMILES string of the molecule is COC[C@@H](C)NC(=O)c1cc(CN2CCOCC2)ccc1NC(=O)c1csc(N2CC[C@H](OC)C2)n1. The highest BCUT2D eigenvalue weighted by atomic mass is 32.1. The van der Waals surface area contributed by atoms with Crippen molar-refractivity contribution in [2.75, 3.05) is 70.4 Å². The topological polar surface area (TPSA) is 105 Å². The molecular formula is C25H35N5O5S. The van der Waals surface area contributed by atoms with Gasteiger partial charge in [0.2, 0.25) is 0 Å². The quantitative estimate of drug-likeness (QED) is 0.494. The molecule has 10 nitrogen and oxygen atoms in total. The summed E-state index contributed by atoms with van der Waals surface area (Å²) < 4.78 is 16.0. The fourth-order valence-corrected chi connectivity index (χ4v) is 5.23. The number of anilines is 2. The summed E-state index contributed by atoms with van der Waals surface area (Å²) in [5.74, 6) is -0.611. The van der Waals surface area contributed by atoms with Gasteiger partial charge in [0.05, 0.1) is 37.2 Å². The monoisotopic (exact) mass is 517 g/mol. The van der Waals surface area contributed by atoms with Crippen LogP contribution in [0.5, 0.6) is 0 Å². The lowest BCUT2D eigenvalue weighted by Gasteiger charge is -2.27. The second-order valence-electron chi connectivity index (χ2n) is 9.16. The molecule has 0 saturated carbocycles. The van der Waals surface area contributed by atoms with Crippen molar-refractivity contribution >= 4 is 34.0 Å². The van der Waals surface area contributed by atoms with E-state index < -0.39 is 0 Å². The highest BCUT2D eigenvalue weighted by Crippen LogP contribution is 2.26. The summed E-state index contributed by atoms with van der Waals surface area (Å²) in [5, 5.41) is 8.40. The van der Waals surface area contributed by atoms with Gasteiger partial charge in [-0.1, -0.05) is 6.07 Å². The number of thiazole rings is 1. The summed E-state index contributed by atoms with van der Waals surface area (Å²) in [6.07, 6.45) is 1.12. The van der Waals surface area contributed by atoms with Gasteiger partial charge in [-0.3, -0.25) is 14.5 Å². The summed E-state index contributed by atoms with van der Waals surface area (Å²) in [4.78, 5) is 35.2. The van der Waals surface area contributed by atoms with E-state index in [1.807, 2.05) is 19.1 Å². The van der Waals surface area contributed by atoms with E-state index in [0.29, 0.717) is 43.3 Å². The average molecular weight is 518 g/mol. The van der Waals surface area contributed by atoms with Crippen LogP contribution in [0.4, 0.5) is 10.8 Å². The van der Waals surface area contributed by atoms with Crippen molar-refractivity contribution in [1.29, 1.82) is 0 Å². The van der Waals surface area contributed by atoms with E-state index in [1.54, 1.807) is 25.7 Å². The Kier molecular flexibility index (Phi) is 9.27. The van der Waals surface area contributed by atoms with Crippen molar-refractivity contribution in [3.63, 3.8) is 0 Å². The van der Waals surface area contributed by atoms with Gasteiger partial charge in [-0.15, -0.1) is 11.3 Å². The Balaban J connectivity index is 1.50. The molecule has 2 saturated heterocycles. The first-order chi connectivity index (χ1) is 17.5. The summed E-state index contributed by atoms with van der Waals surface area (Å²) >= 11 is 1.43. The molecule has 2 atom stereocenters. The highest BCUT2D eigenvalue weighted by Gasteiger charge is 2.25. The molecular weight excluding hydrogens is 482 g/mol. The molecule has 0 unspecified atom stereocenters. The van der Waals surface area contributed by atoms with Crippen molar-refractivity contribution in [2.45, 2.75) is 32.0 Å². The third-order valence-electron chi connectivity index (χ3n) is 6.35. The Morgan fingerprint density at radius 3 is 2.75 bits per heavy atom. The van der Waals surface area contributed by atoms with E-state index in [2.05, 4.69) is 25.4 Å². The number of methoxy groups -OCH3 is 2. The van der Waals surface area contributed by atoms with Gasteiger partial charge in [0.1, 0.15) is 5.69 Å². The largest absolute Gasteiger partial charge is 0.383 e. The standard InChI is InChI=1S/C25H35N5O5S/c1-17(15-33-2)26-23(31)20-12-18(13-29-8-10-35-11-9-29)4-5-21(20)27-24(32)22-16-36-25(28-22)30-7-6-19(14-30)34-3/h4-5,12,16-17,19H,6-11,13-15H2,1-3H3,(H,26,31)(H,27,32)/t17-,19+/m1/s1. The maximum absolute atomic E-state index is 13.2. The molecule has 4 rings (SSSR count). The Morgan fingerprint density at radius 2 is 2.03 bits per heavy atom. The second-order valence-corrected chi connectivity index (χ2v) is 10.00. The molecule has 2 aromatic rings. The molecule has 2 N–H and O–H groups in total. The van der Waals surface area contributed by atoms with Crippen LogP contribution in [-0.4, -0.2) is 94.1 Å². The lowest BCUT2D eigenvalue weighted by Crippen LogP contribution is -2.37. The Labute approximate surface area is 215 Å². The first-order valence-electron chi connectivity index (χ1n) is 12.2. The molecule has 196 valence electrons. The van der Waals surface area contributed by atoms with Gasteiger partial charge in [0, 0.05) is 58.4 Å². The fourth-order valence-electron chi connectivity index (χ4n) is 4.39. The molecule has 0 bridgehead atoms. The number of amides is 2. The molecule has 0 aliphatic carbocycles. The third kappa shape index (κ3) is 6.80. The van der Waals surface area contributed by atoms with Gasteiger partial charge < -0.3 is 29.7 Å². The number of benzene rings is 1. The number of aromatic nitrogens is 1. The van der Waals surface area contributed by atoms with Crippen molar-refractivity contribution in [3.8, 4) is 0 Å². The fraction of sp³-hybridized carbons (Fsp3) is 0.560. The lowest BCUT2D eigenvalue weighted by molar-refractivity contribution is 0.0342. The molecule has 2 aliphatic heterocycles. The van der Waals surface area contributed by atoms with E-state index >= 15 is 0 Å². The minimum atomic E-state index is -0.347. The zero-order valence-electron chi connectivity index (χ0n) is 21.1. The highest BCUT2D eigenvalue weighted by molar-refractivity contribution is 7.14. The first kappa shape index (κ1) is 26.5. The summed E-state index contributed by atoms with van der Waals surface area (Å²) in [6.45, 7) is 7.69. The van der Waals surface area contributed by atoms with Crippen LogP contribution in [0, 0.1) is 0 Å². The van der Waals surface area contributed by atoms with Crippen LogP contribution < -0.4 is 15.5 Å². The maximum atomic E-state index is 13.2. The van der Waals surface area contributed by atoms with Crippen LogP contribution in [0.3, 0.4) is 0 Å². The van der Waals surface area contributed by atoms with Gasteiger partial charge in [0.25, 0.3) is 11.8 Å². The Bertz CT molecular complexity index is 1040. The Morgan fingerprint density at radius 1 is 1.22 bits per heavy atom. The number of rotatable bonds is 10. The number of carbonyl (C=O) groups is 2. The number of nitrogens with zero attached hydrogens (tertiary/aromatic N) is 3. The molecule has 36 heavy (non-hydrogen) atoms. The van der Waals surface area contributed by atoms with Crippen LogP contribution in [0.15, 0.2) is 23.6 Å². The van der Waals surface area contributed by atoms with E-state index in [0.717, 1.165) is 43.3 Å². The Hall–Kier alpha value is -2.57. The van der Waals surface area contributed by atoms with Crippen molar-refractivity contribution < 1.29 is 23.8 Å². The second kappa shape index (κ2) is 12.6. The normalized spacial score (nSPS) is 19.3. The van der Waals surface area contributed by atoms with Crippen LogP contribution in [0.25, 0.3) is 0 Å². The average Bonchev–Trinajstić information content (AvgIpc) is 3.55. The van der Waals surface area contributed by atoms with Gasteiger partial charge in [0.15, 0.2) is 5.13 Å². The van der Waals surface area contributed by atoms with E-state index in [4.69, 9.17) is 14.2 Å². The van der Waals surface area contributed by atoms with Crippen molar-refractivity contribution in [3.05, 3.63) is 40.4 Å². The van der Waals surface area contributed by atoms with Crippen LogP contribution in [0.1, 0.15) is 39.8 Å². The zero-order valence-corrected chi connectivity index (χ0v) is 21.9. The van der Waals surface area contributed by atoms with Gasteiger partial charge in [-0.2, -0.15) is 0 Å². The van der Waals surface area contributed by atoms with E-state index in [1.165, 1.54) is 11.3 Å². The lowest BCUT2D eigenvalue weighted by atomic mass is 10.1. The van der Waals surface area contributed by atoms with Gasteiger partial charge in [-0.05, 0) is 31.0 Å². The number of hydrogen-bond donors (Lipinski definition) is 2. The predicted molar refractivity (Wildman–Crippen MR) is 139 cm³/mol. The summed E-state index contributed by atoms with van der Waals surface area (Å²) in [6, 6.07) is 5.41. The number of morpholine rings is 1. The number of carbonyl (C=O) groups excluding carboxylic acids is 2. The number of ether oxygens (including phenoxy) is 3. The van der Waals surface area contributed by atoms with Crippen LogP contribution in [-0.2, 0) is 20.8 Å². The maximum Gasteiger partial charge on any atom is 0.275 e. The van der Waals surface area contributed by atoms with Gasteiger partial charge in [-0.25, -0.2) is 4.98 Å². The minimum absolute atomic E-state index is 0.175. The van der Waals surface area contributed by atoms with Crippen molar-refractivity contribution in [1.82, 2.24) is 15.2 Å².